The smallest absolute Gasteiger partial charge is 0.315 e. The van der Waals surface area contributed by atoms with Crippen LogP contribution in [0.25, 0.3) is 17.7 Å². The Morgan fingerprint density at radius 3 is 2.96 bits per heavy atom. The van der Waals surface area contributed by atoms with Crippen LogP contribution >= 0.6 is 0 Å². The van der Waals surface area contributed by atoms with Gasteiger partial charge in [0.25, 0.3) is 5.56 Å². The summed E-state index contributed by atoms with van der Waals surface area (Å²) in [5, 5.41) is 9.50. The first kappa shape index (κ1) is 16.1. The van der Waals surface area contributed by atoms with Crippen molar-refractivity contribution in [3.8, 4) is 5.75 Å². The third kappa shape index (κ3) is 2.16. The molecular formula is C21H18N2O4. The Bertz CT molecular complexity index is 1110. The van der Waals surface area contributed by atoms with Gasteiger partial charge in [0.05, 0.1) is 18.8 Å². The number of aromatic nitrogens is 2. The Hall–Kier alpha value is -3.15. The molecule has 1 aliphatic heterocycles. The minimum atomic E-state index is -0.929. The number of hydrogen-bond acceptors (Lipinski definition) is 4. The van der Waals surface area contributed by atoms with Crippen molar-refractivity contribution >= 4 is 23.7 Å². The number of fused-ring (bicyclic) bond motifs is 4. The molecule has 2 heterocycles. The maximum absolute atomic E-state index is 13.1. The minimum Gasteiger partial charge on any atom is -0.496 e. The van der Waals surface area contributed by atoms with Gasteiger partial charge in [-0.25, -0.2) is 4.98 Å². The van der Waals surface area contributed by atoms with E-state index in [2.05, 4.69) is 0 Å². The number of hydrogen-bond donors (Lipinski definition) is 1. The van der Waals surface area contributed by atoms with E-state index in [-0.39, 0.29) is 11.6 Å². The van der Waals surface area contributed by atoms with Crippen LogP contribution in [0.2, 0.25) is 0 Å². The summed E-state index contributed by atoms with van der Waals surface area (Å²) in [6.07, 6.45) is 7.21. The summed E-state index contributed by atoms with van der Waals surface area (Å²) in [5.41, 5.74) is 2.34. The van der Waals surface area contributed by atoms with Crippen molar-refractivity contribution in [3.63, 3.8) is 0 Å². The van der Waals surface area contributed by atoms with Crippen molar-refractivity contribution in [3.05, 3.63) is 63.3 Å². The van der Waals surface area contributed by atoms with Crippen molar-refractivity contribution in [2.45, 2.75) is 25.3 Å². The number of ether oxygens (including phenoxy) is 1. The Morgan fingerprint density at radius 1 is 1.37 bits per heavy atom. The number of carbonyl (C=O) groups is 1. The average molecular weight is 362 g/mol. The fraction of sp³-hybridized carbons (Fsp3) is 0.286. The molecule has 1 fully saturated rings. The second-order valence-corrected chi connectivity index (χ2v) is 7.28. The molecule has 2 unspecified atom stereocenters. The number of methoxy groups -OCH3 is 1. The number of allylic oxidation sites excluding steroid dienone is 1. The number of nitrogens with zero attached hydrogens (tertiary/aromatic N) is 2. The zero-order valence-corrected chi connectivity index (χ0v) is 14.8. The molecule has 2 aliphatic carbocycles. The van der Waals surface area contributed by atoms with Crippen molar-refractivity contribution in [2.75, 3.05) is 7.11 Å². The zero-order chi connectivity index (χ0) is 18.8. The fourth-order valence-electron chi connectivity index (χ4n) is 4.27. The van der Waals surface area contributed by atoms with Gasteiger partial charge < -0.3 is 9.84 Å². The van der Waals surface area contributed by atoms with Gasteiger partial charge in [-0.2, -0.15) is 0 Å². The van der Waals surface area contributed by atoms with Gasteiger partial charge in [0, 0.05) is 11.1 Å². The number of carboxylic acids is 1. The van der Waals surface area contributed by atoms with Crippen molar-refractivity contribution in [1.29, 1.82) is 0 Å². The van der Waals surface area contributed by atoms with Gasteiger partial charge in [0.2, 0.25) is 0 Å². The van der Waals surface area contributed by atoms with E-state index in [9.17, 15) is 14.7 Å². The Labute approximate surface area is 155 Å². The topological polar surface area (TPSA) is 81.4 Å². The standard InChI is InChI=1S/C21H18N2O4/c1-27-15-5-3-2-4-12(15)10-13-6-7-14-18(13)22-17-8-9-21(20(25)26)11-16(21)23(17)19(14)24/h2-5,8-10,16H,6-7,11H2,1H3,(H,25,26). The quantitative estimate of drug-likeness (QED) is 0.908. The molecular weight excluding hydrogens is 344 g/mol. The molecule has 6 heteroatoms. The van der Waals surface area contributed by atoms with E-state index < -0.39 is 11.4 Å². The highest BCUT2D eigenvalue weighted by Gasteiger charge is 2.62. The largest absolute Gasteiger partial charge is 0.496 e. The van der Waals surface area contributed by atoms with E-state index in [0.717, 1.165) is 29.0 Å². The third-order valence-corrected chi connectivity index (χ3v) is 5.86. The predicted molar refractivity (Wildman–Crippen MR) is 100 cm³/mol. The van der Waals surface area contributed by atoms with Crippen LogP contribution in [0.5, 0.6) is 5.75 Å². The first-order valence-corrected chi connectivity index (χ1v) is 8.97. The molecule has 0 saturated heterocycles. The molecule has 1 saturated carbocycles. The highest BCUT2D eigenvalue weighted by atomic mass is 16.5. The molecule has 3 aliphatic rings. The second-order valence-electron chi connectivity index (χ2n) is 7.28. The molecule has 6 nitrogen and oxygen atoms in total. The number of rotatable bonds is 3. The Kier molecular flexibility index (Phi) is 3.22. The molecule has 0 radical (unpaired) electrons. The molecule has 5 rings (SSSR count). The highest BCUT2D eigenvalue weighted by Crippen LogP contribution is 2.59. The lowest BCUT2D eigenvalue weighted by atomic mass is 10.0. The molecule has 2 atom stereocenters. The first-order chi connectivity index (χ1) is 13.0. The van der Waals surface area contributed by atoms with Crippen LogP contribution in [0.4, 0.5) is 0 Å². The van der Waals surface area contributed by atoms with Crippen LogP contribution in [-0.4, -0.2) is 27.7 Å². The van der Waals surface area contributed by atoms with Crippen molar-refractivity contribution < 1.29 is 14.6 Å². The summed E-state index contributed by atoms with van der Waals surface area (Å²) in [7, 11) is 1.64. The molecule has 0 amide bonds. The Balaban J connectivity index is 1.63. The van der Waals surface area contributed by atoms with E-state index in [0.29, 0.717) is 24.2 Å². The van der Waals surface area contributed by atoms with E-state index in [1.54, 1.807) is 23.8 Å². The second kappa shape index (κ2) is 5.42. The predicted octanol–water partition coefficient (Wildman–Crippen LogP) is 2.78. The van der Waals surface area contributed by atoms with E-state index in [1.165, 1.54) is 0 Å². The zero-order valence-electron chi connectivity index (χ0n) is 14.8. The number of aliphatic carboxylic acids is 1. The van der Waals surface area contributed by atoms with Gasteiger partial charge in [0.1, 0.15) is 17.0 Å². The summed E-state index contributed by atoms with van der Waals surface area (Å²) in [5.74, 6) is 0.446. The summed E-state index contributed by atoms with van der Waals surface area (Å²) < 4.78 is 7.00. The molecule has 1 aromatic carbocycles. The summed E-state index contributed by atoms with van der Waals surface area (Å²) >= 11 is 0. The maximum atomic E-state index is 13.1. The van der Waals surface area contributed by atoms with Gasteiger partial charge in [-0.05, 0) is 43.1 Å². The monoisotopic (exact) mass is 362 g/mol. The summed E-state index contributed by atoms with van der Waals surface area (Å²) in [4.78, 5) is 29.4. The van der Waals surface area contributed by atoms with E-state index in [4.69, 9.17) is 9.72 Å². The molecule has 1 aromatic heterocycles. The van der Waals surface area contributed by atoms with E-state index in [1.807, 2.05) is 30.3 Å². The van der Waals surface area contributed by atoms with Crippen LogP contribution in [-0.2, 0) is 11.2 Å². The normalized spacial score (nSPS) is 25.7. The molecule has 0 spiro atoms. The summed E-state index contributed by atoms with van der Waals surface area (Å²) in [6, 6.07) is 7.42. The minimum absolute atomic E-state index is 0.101. The molecule has 1 N–H and O–H groups in total. The molecule has 2 aromatic rings. The van der Waals surface area contributed by atoms with Crippen LogP contribution in [0, 0.1) is 5.41 Å². The lowest BCUT2D eigenvalue weighted by molar-refractivity contribution is -0.141. The number of para-hydroxylation sites is 1. The SMILES string of the molecule is COc1ccccc1C=C1CCc2c1nc1n(c2=O)C2CC2(C(=O)O)C=C1. The maximum Gasteiger partial charge on any atom is 0.315 e. The molecule has 0 bridgehead atoms. The fourth-order valence-corrected chi connectivity index (χ4v) is 4.27. The third-order valence-electron chi connectivity index (χ3n) is 5.86. The van der Waals surface area contributed by atoms with Crippen LogP contribution in [0.1, 0.15) is 41.5 Å². The molecule has 136 valence electrons. The lowest BCUT2D eigenvalue weighted by Gasteiger charge is -2.18. The van der Waals surface area contributed by atoms with Gasteiger partial charge >= 0.3 is 5.97 Å². The first-order valence-electron chi connectivity index (χ1n) is 8.97. The van der Waals surface area contributed by atoms with Gasteiger partial charge in [0.15, 0.2) is 0 Å². The summed E-state index contributed by atoms with van der Waals surface area (Å²) in [6.45, 7) is 0. The van der Waals surface area contributed by atoms with Gasteiger partial charge in [-0.1, -0.05) is 24.3 Å². The Morgan fingerprint density at radius 2 is 2.19 bits per heavy atom. The van der Waals surface area contributed by atoms with Crippen LogP contribution < -0.4 is 10.3 Å². The van der Waals surface area contributed by atoms with Crippen molar-refractivity contribution in [2.24, 2.45) is 5.41 Å². The number of carboxylic acid groups (broad SMARTS) is 1. The van der Waals surface area contributed by atoms with Gasteiger partial charge in [-0.3, -0.25) is 14.2 Å². The van der Waals surface area contributed by atoms with Crippen LogP contribution in [0.15, 0.2) is 35.1 Å². The van der Waals surface area contributed by atoms with Crippen molar-refractivity contribution in [1.82, 2.24) is 9.55 Å². The van der Waals surface area contributed by atoms with Crippen LogP contribution in [0.3, 0.4) is 0 Å². The lowest BCUT2D eigenvalue weighted by Crippen LogP contribution is -2.31. The van der Waals surface area contributed by atoms with E-state index >= 15 is 0 Å². The molecule has 27 heavy (non-hydrogen) atoms. The highest BCUT2D eigenvalue weighted by molar-refractivity contribution is 5.86. The van der Waals surface area contributed by atoms with Gasteiger partial charge in [-0.15, -0.1) is 0 Å². The number of benzene rings is 1. The average Bonchev–Trinajstić information content (AvgIpc) is 3.31.